The van der Waals surface area contributed by atoms with E-state index in [0.29, 0.717) is 5.69 Å². The number of pyridine rings is 2. The van der Waals surface area contributed by atoms with Crippen molar-refractivity contribution in [1.82, 2.24) is 14.3 Å². The summed E-state index contributed by atoms with van der Waals surface area (Å²) in [5, 5.41) is 0. The number of carbonyl (C=O) groups is 2. The first kappa shape index (κ1) is 34.7. The molecule has 0 radical (unpaired) electrons. The van der Waals surface area contributed by atoms with Gasteiger partial charge in [-0.25, -0.2) is 18.2 Å². The normalized spacial score (nSPS) is 12.6. The second kappa shape index (κ2) is 13.4. The summed E-state index contributed by atoms with van der Waals surface area (Å²) in [6, 6.07) is 15.8. The molecule has 3 aromatic rings. The molecule has 0 aliphatic heterocycles. The summed E-state index contributed by atoms with van der Waals surface area (Å²) in [6.07, 6.45) is 2.03. The minimum Gasteiger partial charge on any atom is -0.459 e. The van der Waals surface area contributed by atoms with Crippen molar-refractivity contribution in [3.8, 4) is 0 Å². The third kappa shape index (κ3) is 10.1. The molecule has 1 amide bonds. The number of sulfonamides is 1. The van der Waals surface area contributed by atoms with Gasteiger partial charge >= 0.3 is 12.1 Å². The number of nitrogens with zero attached hydrogens (tertiary/aromatic N) is 4. The van der Waals surface area contributed by atoms with E-state index in [1.54, 1.807) is 65.8 Å². The van der Waals surface area contributed by atoms with Crippen molar-refractivity contribution in [2.45, 2.75) is 96.9 Å². The first-order valence-electron chi connectivity index (χ1n) is 14.4. The molecule has 44 heavy (non-hydrogen) atoms. The molecule has 0 N–H and O–H groups in total. The van der Waals surface area contributed by atoms with Gasteiger partial charge in [-0.15, -0.1) is 0 Å². The van der Waals surface area contributed by atoms with Crippen LogP contribution in [-0.2, 0) is 42.8 Å². The summed E-state index contributed by atoms with van der Waals surface area (Å²) in [5.74, 6) is -0.522. The van der Waals surface area contributed by atoms with Gasteiger partial charge in [-0.2, -0.15) is 4.31 Å². The highest BCUT2D eigenvalue weighted by Crippen LogP contribution is 2.25. The average molecular weight is 625 g/mol. The Morgan fingerprint density at radius 3 is 1.98 bits per heavy atom. The van der Waals surface area contributed by atoms with Crippen molar-refractivity contribution < 1.29 is 27.5 Å². The molecule has 238 valence electrons. The minimum atomic E-state index is -4.00. The summed E-state index contributed by atoms with van der Waals surface area (Å²) in [4.78, 5) is 35.7. The predicted octanol–water partition coefficient (Wildman–Crippen LogP) is 6.25. The molecular formula is C33H44N4O6S. The van der Waals surface area contributed by atoms with Gasteiger partial charge in [0.15, 0.2) is 0 Å². The topological polar surface area (TPSA) is 119 Å². The average Bonchev–Trinajstić information content (AvgIpc) is 2.90. The highest BCUT2D eigenvalue weighted by atomic mass is 32.2. The van der Waals surface area contributed by atoms with Crippen LogP contribution in [0.15, 0.2) is 71.9 Å². The smallest absolute Gasteiger partial charge is 0.416 e. The summed E-state index contributed by atoms with van der Waals surface area (Å²) < 4.78 is 40.0. The van der Waals surface area contributed by atoms with Gasteiger partial charge in [0, 0.05) is 18.9 Å². The van der Waals surface area contributed by atoms with Crippen molar-refractivity contribution in [2.75, 3.05) is 11.4 Å². The number of amides is 1. The first-order chi connectivity index (χ1) is 20.2. The quantitative estimate of drug-likeness (QED) is 0.257. The molecule has 2 heterocycles. The maximum absolute atomic E-state index is 13.8. The van der Waals surface area contributed by atoms with Crippen LogP contribution in [0, 0.1) is 0 Å². The number of esters is 1. The Morgan fingerprint density at radius 2 is 1.43 bits per heavy atom. The van der Waals surface area contributed by atoms with Crippen LogP contribution in [0.4, 0.5) is 10.6 Å². The lowest BCUT2D eigenvalue weighted by atomic mass is 9.87. The maximum atomic E-state index is 13.8. The molecule has 0 saturated heterocycles. The number of ether oxygens (including phenoxy) is 2. The molecule has 3 rings (SSSR count). The number of hydrogen-bond acceptors (Lipinski definition) is 8. The molecule has 10 nitrogen and oxygen atoms in total. The molecule has 11 heteroatoms. The minimum absolute atomic E-state index is 0.0442. The van der Waals surface area contributed by atoms with Crippen LogP contribution in [0.25, 0.3) is 0 Å². The standard InChI is InChI=1S/C33H44N4O6S/c1-31(2,3)25-17-15-24(16-18-25)21-36(44(40,41)27-13-11-19-34-20-27)22-26-12-10-14-28(35-26)37(30(39)43-33(7,8)9)23-29(38)42-32(4,5)6/h10-20H,21-23H2,1-9H3. The van der Waals surface area contributed by atoms with Gasteiger partial charge in [0.2, 0.25) is 10.0 Å². The Balaban J connectivity index is 2.00. The van der Waals surface area contributed by atoms with Gasteiger partial charge in [0.05, 0.1) is 12.2 Å². The van der Waals surface area contributed by atoms with E-state index in [2.05, 4.69) is 30.7 Å². The van der Waals surface area contributed by atoms with E-state index in [4.69, 9.17) is 9.47 Å². The summed E-state index contributed by atoms with van der Waals surface area (Å²) in [7, 11) is -4.00. The second-order valence-electron chi connectivity index (χ2n) is 13.5. The van der Waals surface area contributed by atoms with E-state index in [9.17, 15) is 18.0 Å². The molecule has 0 unspecified atom stereocenters. The monoisotopic (exact) mass is 624 g/mol. The summed E-state index contributed by atoms with van der Waals surface area (Å²) >= 11 is 0. The molecule has 2 aromatic heterocycles. The Morgan fingerprint density at radius 1 is 0.795 bits per heavy atom. The van der Waals surface area contributed by atoms with Crippen molar-refractivity contribution in [2.24, 2.45) is 0 Å². The lowest BCUT2D eigenvalue weighted by molar-refractivity contribution is -0.153. The van der Waals surface area contributed by atoms with Crippen LogP contribution < -0.4 is 4.90 Å². The zero-order valence-electron chi connectivity index (χ0n) is 27.1. The number of hydrogen-bond donors (Lipinski definition) is 0. The van der Waals surface area contributed by atoms with Crippen LogP contribution >= 0.6 is 0 Å². The van der Waals surface area contributed by atoms with E-state index < -0.39 is 39.8 Å². The molecule has 0 aliphatic rings. The van der Waals surface area contributed by atoms with Gasteiger partial charge in [0.25, 0.3) is 0 Å². The number of aromatic nitrogens is 2. The van der Waals surface area contributed by atoms with Gasteiger partial charge in [0.1, 0.15) is 28.5 Å². The molecule has 0 spiro atoms. The lowest BCUT2D eigenvalue weighted by Crippen LogP contribution is -2.42. The fourth-order valence-corrected chi connectivity index (χ4v) is 5.50. The van der Waals surface area contributed by atoms with Gasteiger partial charge < -0.3 is 9.47 Å². The fraction of sp³-hybridized carbons (Fsp3) is 0.455. The Hall–Kier alpha value is -3.83. The molecule has 0 aliphatic carbocycles. The number of benzene rings is 1. The van der Waals surface area contributed by atoms with Gasteiger partial charge in [-0.1, -0.05) is 51.1 Å². The van der Waals surface area contributed by atoms with Crippen LogP contribution in [-0.4, -0.2) is 52.5 Å². The van der Waals surface area contributed by atoms with Crippen LogP contribution in [0.1, 0.15) is 79.1 Å². The summed E-state index contributed by atoms with van der Waals surface area (Å²) in [5.41, 5.74) is 0.630. The molecular weight excluding hydrogens is 580 g/mol. The van der Waals surface area contributed by atoms with Crippen LogP contribution in [0.3, 0.4) is 0 Å². The van der Waals surface area contributed by atoms with E-state index in [0.717, 1.165) is 16.0 Å². The third-order valence-electron chi connectivity index (χ3n) is 6.18. The molecule has 1 aromatic carbocycles. The van der Waals surface area contributed by atoms with Crippen molar-refractivity contribution >= 4 is 27.9 Å². The van der Waals surface area contributed by atoms with Gasteiger partial charge in [-0.3, -0.25) is 14.7 Å². The third-order valence-corrected chi connectivity index (χ3v) is 7.95. The van der Waals surface area contributed by atoms with Crippen LogP contribution in [0.2, 0.25) is 0 Å². The van der Waals surface area contributed by atoms with Crippen molar-refractivity contribution in [1.29, 1.82) is 0 Å². The Bertz CT molecular complexity index is 1540. The first-order valence-corrected chi connectivity index (χ1v) is 15.9. The maximum Gasteiger partial charge on any atom is 0.416 e. The van der Waals surface area contributed by atoms with Crippen LogP contribution in [0.5, 0.6) is 0 Å². The van der Waals surface area contributed by atoms with E-state index in [1.165, 1.54) is 22.8 Å². The van der Waals surface area contributed by atoms with Crippen molar-refractivity contribution in [3.05, 3.63) is 83.8 Å². The van der Waals surface area contributed by atoms with E-state index in [1.807, 2.05) is 24.3 Å². The zero-order valence-corrected chi connectivity index (χ0v) is 27.9. The molecule has 0 fully saturated rings. The van der Waals surface area contributed by atoms with E-state index in [-0.39, 0.29) is 29.2 Å². The SMILES string of the molecule is CC(C)(C)OC(=O)CN(C(=O)OC(C)(C)C)c1cccc(CN(Cc2ccc(C(C)(C)C)cc2)S(=O)(=O)c2cccnc2)n1. The largest absolute Gasteiger partial charge is 0.459 e. The number of anilines is 1. The van der Waals surface area contributed by atoms with Crippen molar-refractivity contribution in [3.63, 3.8) is 0 Å². The predicted molar refractivity (Wildman–Crippen MR) is 169 cm³/mol. The lowest BCUT2D eigenvalue weighted by Gasteiger charge is -2.28. The number of rotatable bonds is 9. The Labute approximate surface area is 261 Å². The fourth-order valence-electron chi connectivity index (χ4n) is 4.13. The highest BCUT2D eigenvalue weighted by Gasteiger charge is 2.30. The second-order valence-corrected chi connectivity index (χ2v) is 15.5. The van der Waals surface area contributed by atoms with Gasteiger partial charge in [-0.05, 0) is 82.3 Å². The Kier molecular flexibility index (Phi) is 10.6. The zero-order chi connectivity index (χ0) is 32.9. The highest BCUT2D eigenvalue weighted by molar-refractivity contribution is 7.89. The van der Waals surface area contributed by atoms with E-state index >= 15 is 0 Å². The number of carbonyl (C=O) groups excluding carboxylic acids is 2. The molecule has 0 bridgehead atoms. The molecule has 0 saturated carbocycles. The summed E-state index contributed by atoms with van der Waals surface area (Å²) in [6.45, 7) is 16.2. The molecule has 0 atom stereocenters.